The molecule has 8 nitrogen and oxygen atoms in total. The van der Waals surface area contributed by atoms with Crippen molar-refractivity contribution in [1.82, 2.24) is 4.57 Å². The number of aromatic nitrogens is 1. The Kier molecular flexibility index (Phi) is 12.9. The van der Waals surface area contributed by atoms with Crippen LogP contribution in [-0.2, 0) is 25.9 Å². The maximum absolute atomic E-state index is 13.4. The minimum absolute atomic E-state index is 0.0126. The Morgan fingerprint density at radius 3 is 2.21 bits per heavy atom. The van der Waals surface area contributed by atoms with Crippen molar-refractivity contribution in [3.05, 3.63) is 45.0 Å². The molecule has 0 atom stereocenters. The van der Waals surface area contributed by atoms with Crippen LogP contribution in [0, 0.1) is 5.82 Å². The van der Waals surface area contributed by atoms with E-state index in [0.29, 0.717) is 18.5 Å². The first-order chi connectivity index (χ1) is 16.1. The van der Waals surface area contributed by atoms with Crippen LogP contribution in [-0.4, -0.2) is 27.6 Å². The summed E-state index contributed by atoms with van der Waals surface area (Å²) in [6, 6.07) is 2.29. The lowest BCUT2D eigenvalue weighted by Crippen LogP contribution is -2.18. The summed E-state index contributed by atoms with van der Waals surface area (Å²) in [5, 5.41) is 8.84. The van der Waals surface area contributed by atoms with Crippen LogP contribution in [0.1, 0.15) is 82.5 Å². The molecule has 0 saturated carbocycles. The van der Waals surface area contributed by atoms with Crippen molar-refractivity contribution >= 4 is 40.4 Å². The van der Waals surface area contributed by atoms with E-state index in [0.717, 1.165) is 25.3 Å². The second kappa shape index (κ2) is 15.1. The van der Waals surface area contributed by atoms with Crippen LogP contribution >= 0.6 is 11.6 Å². The van der Waals surface area contributed by atoms with Gasteiger partial charge in [-0.1, -0.05) is 57.0 Å². The van der Waals surface area contributed by atoms with Crippen LogP contribution < -0.4 is 5.43 Å². The van der Waals surface area contributed by atoms with Crippen molar-refractivity contribution in [3.8, 4) is 0 Å². The van der Waals surface area contributed by atoms with E-state index in [9.17, 15) is 23.6 Å². The fraction of sp³-hybridized carbons (Fsp3) is 0.500. The molecule has 0 fully saturated rings. The van der Waals surface area contributed by atoms with Gasteiger partial charge in [0.05, 0.1) is 17.0 Å². The first kappa shape index (κ1) is 29.1. The van der Waals surface area contributed by atoms with Gasteiger partial charge in [0.25, 0.3) is 0 Å². The summed E-state index contributed by atoms with van der Waals surface area (Å²) in [6.07, 6.45) is 9.57. The molecule has 1 aromatic heterocycles. The van der Waals surface area contributed by atoms with E-state index < -0.39 is 29.2 Å². The van der Waals surface area contributed by atoms with Crippen molar-refractivity contribution in [1.29, 1.82) is 0 Å². The van der Waals surface area contributed by atoms with E-state index in [1.807, 2.05) is 0 Å². The Hall–Kier alpha value is -2.94. The molecule has 2 rings (SSSR count). The van der Waals surface area contributed by atoms with Crippen molar-refractivity contribution in [2.75, 3.05) is 0 Å². The second-order valence-corrected chi connectivity index (χ2v) is 8.06. The normalized spacial score (nSPS) is 10.4. The molecular weight excluding hydrogens is 469 g/mol. The van der Waals surface area contributed by atoms with Gasteiger partial charge in [0.15, 0.2) is 0 Å². The zero-order valence-corrected chi connectivity index (χ0v) is 20.5. The number of rotatable bonds is 10. The Bertz CT molecular complexity index is 1050. The average molecular weight is 500 g/mol. The Morgan fingerprint density at radius 1 is 1.03 bits per heavy atom. The van der Waals surface area contributed by atoms with Crippen LogP contribution in [0.4, 0.5) is 4.39 Å². The standard InChI is InChI=1S/C12H9ClFNO3.C12H22O4/c1-2-15-5-7(12(17)18)11(16)6-3-9(14)8(13)4-10(6)15;1-3-4-5-6-7-8-9-10-12(14)16-15-11(2)13/h3-5H,2H2,1H3,(H,17,18);3-10H2,1-2H3. The number of aryl methyl sites for hydroxylation is 1. The first-order valence-corrected chi connectivity index (χ1v) is 11.6. The lowest BCUT2D eigenvalue weighted by atomic mass is 10.1. The molecular formula is C24H31ClFNO7. The highest BCUT2D eigenvalue weighted by Crippen LogP contribution is 2.21. The number of nitrogens with zero attached hydrogens (tertiary/aromatic N) is 1. The number of carboxylic acids is 1. The minimum Gasteiger partial charge on any atom is -0.477 e. The molecule has 0 aliphatic carbocycles. The summed E-state index contributed by atoms with van der Waals surface area (Å²) in [4.78, 5) is 52.5. The van der Waals surface area contributed by atoms with Crippen molar-refractivity contribution in [2.24, 2.45) is 0 Å². The SMILES string of the molecule is CCCCCCCCCC(=O)OOC(C)=O.CCn1cc(C(=O)O)c(=O)c2cc(F)c(Cl)cc21. The van der Waals surface area contributed by atoms with E-state index in [1.165, 1.54) is 44.9 Å². The third kappa shape index (κ3) is 9.51. The molecule has 0 aliphatic rings. The fourth-order valence-electron chi connectivity index (χ4n) is 3.17. The molecule has 0 radical (unpaired) electrons. The second-order valence-electron chi connectivity index (χ2n) is 7.65. The number of unbranched alkanes of at least 4 members (excludes halogenated alkanes) is 6. The molecule has 0 saturated heterocycles. The lowest BCUT2D eigenvalue weighted by molar-refractivity contribution is -0.257. The minimum atomic E-state index is -1.33. The largest absolute Gasteiger partial charge is 0.477 e. The lowest BCUT2D eigenvalue weighted by Gasteiger charge is -2.10. The molecule has 1 aromatic carbocycles. The fourth-order valence-corrected chi connectivity index (χ4v) is 3.33. The van der Waals surface area contributed by atoms with Crippen LogP contribution in [0.5, 0.6) is 0 Å². The monoisotopic (exact) mass is 499 g/mol. The van der Waals surface area contributed by atoms with Gasteiger partial charge in [-0.2, -0.15) is 0 Å². The van der Waals surface area contributed by atoms with E-state index in [4.69, 9.17) is 16.7 Å². The maximum atomic E-state index is 13.4. The van der Waals surface area contributed by atoms with Crippen molar-refractivity contribution < 1.29 is 33.7 Å². The van der Waals surface area contributed by atoms with E-state index in [-0.39, 0.29) is 16.0 Å². The van der Waals surface area contributed by atoms with Gasteiger partial charge in [0, 0.05) is 25.1 Å². The van der Waals surface area contributed by atoms with Crippen LogP contribution in [0.15, 0.2) is 23.1 Å². The Labute approximate surface area is 202 Å². The maximum Gasteiger partial charge on any atom is 0.355 e. The molecule has 0 spiro atoms. The topological polar surface area (TPSA) is 112 Å². The third-order valence-corrected chi connectivity index (χ3v) is 5.22. The summed E-state index contributed by atoms with van der Waals surface area (Å²) < 4.78 is 14.9. The molecule has 0 amide bonds. The quantitative estimate of drug-likeness (QED) is 0.255. The molecule has 188 valence electrons. The van der Waals surface area contributed by atoms with Gasteiger partial charge < -0.3 is 9.67 Å². The van der Waals surface area contributed by atoms with Crippen LogP contribution in [0.3, 0.4) is 0 Å². The third-order valence-electron chi connectivity index (χ3n) is 4.93. The molecule has 0 unspecified atom stereocenters. The number of pyridine rings is 1. The van der Waals surface area contributed by atoms with Gasteiger partial charge in [0.1, 0.15) is 11.4 Å². The van der Waals surface area contributed by atoms with Gasteiger partial charge in [-0.25, -0.2) is 28.5 Å². The number of hydrogen-bond donors (Lipinski definition) is 1. The van der Waals surface area contributed by atoms with Crippen LogP contribution in [0.25, 0.3) is 10.9 Å². The summed E-state index contributed by atoms with van der Waals surface area (Å²) in [5.74, 6) is -3.15. The van der Waals surface area contributed by atoms with Crippen molar-refractivity contribution in [2.45, 2.75) is 78.7 Å². The van der Waals surface area contributed by atoms with E-state index >= 15 is 0 Å². The molecule has 0 bridgehead atoms. The molecule has 0 aliphatic heterocycles. The summed E-state index contributed by atoms with van der Waals surface area (Å²) in [7, 11) is 0. The summed E-state index contributed by atoms with van der Waals surface area (Å²) in [6.45, 7) is 5.61. The highest BCUT2D eigenvalue weighted by Gasteiger charge is 2.15. The zero-order valence-electron chi connectivity index (χ0n) is 19.7. The number of halogens is 2. The summed E-state index contributed by atoms with van der Waals surface area (Å²) >= 11 is 5.66. The Morgan fingerprint density at radius 2 is 1.65 bits per heavy atom. The zero-order chi connectivity index (χ0) is 25.7. The van der Waals surface area contributed by atoms with Gasteiger partial charge in [-0.3, -0.25) is 4.79 Å². The number of carboxylic acid groups (broad SMARTS) is 1. The number of carbonyl (C=O) groups excluding carboxylic acids is 2. The van der Waals surface area contributed by atoms with E-state index in [1.54, 1.807) is 11.5 Å². The molecule has 1 N–H and O–H groups in total. The number of benzene rings is 1. The number of aromatic carboxylic acids is 1. The Balaban J connectivity index is 0.000000344. The molecule has 34 heavy (non-hydrogen) atoms. The number of fused-ring (bicyclic) bond motifs is 1. The predicted molar refractivity (Wildman–Crippen MR) is 126 cm³/mol. The van der Waals surface area contributed by atoms with Crippen LogP contribution in [0.2, 0.25) is 5.02 Å². The van der Waals surface area contributed by atoms with E-state index in [2.05, 4.69) is 16.7 Å². The van der Waals surface area contributed by atoms with Gasteiger partial charge >= 0.3 is 17.9 Å². The highest BCUT2D eigenvalue weighted by atomic mass is 35.5. The number of hydrogen-bond acceptors (Lipinski definition) is 6. The summed E-state index contributed by atoms with van der Waals surface area (Å²) in [5.41, 5.74) is -0.678. The predicted octanol–water partition coefficient (Wildman–Crippen LogP) is 5.66. The van der Waals surface area contributed by atoms with Crippen molar-refractivity contribution in [3.63, 3.8) is 0 Å². The van der Waals surface area contributed by atoms with Gasteiger partial charge in [-0.05, 0) is 25.5 Å². The van der Waals surface area contributed by atoms with Gasteiger partial charge in [0.2, 0.25) is 5.43 Å². The number of carbonyl (C=O) groups is 3. The smallest absolute Gasteiger partial charge is 0.355 e. The first-order valence-electron chi connectivity index (χ1n) is 11.3. The highest BCUT2D eigenvalue weighted by molar-refractivity contribution is 6.31. The molecule has 1 heterocycles. The molecule has 2 aromatic rings. The van der Waals surface area contributed by atoms with Gasteiger partial charge in [-0.15, -0.1) is 0 Å². The average Bonchev–Trinajstić information content (AvgIpc) is 2.79. The molecule has 10 heteroatoms.